The van der Waals surface area contributed by atoms with Gasteiger partial charge >= 0.3 is 5.63 Å². The molecule has 2 aromatic carbocycles. The molecule has 0 aliphatic carbocycles. The third-order valence-corrected chi connectivity index (χ3v) is 7.08. The number of amides is 1. The van der Waals surface area contributed by atoms with E-state index < -0.39 is 21.6 Å². The molecule has 9 heteroatoms. The highest BCUT2D eigenvalue weighted by Crippen LogP contribution is 2.21. The lowest BCUT2D eigenvalue weighted by Crippen LogP contribution is -2.51. The molecule has 8 nitrogen and oxygen atoms in total. The largest absolute Gasteiger partial charge is 0.494 e. The maximum Gasteiger partial charge on any atom is 0.349 e. The van der Waals surface area contributed by atoms with Crippen molar-refractivity contribution in [3.63, 3.8) is 0 Å². The molecule has 0 N–H and O–H groups in total. The minimum atomic E-state index is -3.68. The van der Waals surface area contributed by atoms with Gasteiger partial charge in [-0.2, -0.15) is 4.31 Å². The fourth-order valence-corrected chi connectivity index (χ4v) is 4.96. The Bertz CT molecular complexity index is 1260. The van der Waals surface area contributed by atoms with Crippen LogP contribution >= 0.6 is 0 Å². The summed E-state index contributed by atoms with van der Waals surface area (Å²) in [4.78, 5) is 26.8. The Morgan fingerprint density at radius 2 is 1.71 bits per heavy atom. The highest BCUT2D eigenvalue weighted by Gasteiger charge is 2.31. The lowest BCUT2D eigenvalue weighted by molar-refractivity contribution is 0.0694. The Labute approximate surface area is 179 Å². The van der Waals surface area contributed by atoms with E-state index in [4.69, 9.17) is 9.15 Å². The van der Waals surface area contributed by atoms with Crippen molar-refractivity contribution < 1.29 is 22.4 Å². The maximum atomic E-state index is 12.9. The van der Waals surface area contributed by atoms with Gasteiger partial charge in [0.2, 0.25) is 10.0 Å². The van der Waals surface area contributed by atoms with Crippen molar-refractivity contribution in [3.8, 4) is 5.75 Å². The van der Waals surface area contributed by atoms with E-state index in [1.807, 2.05) is 6.92 Å². The fraction of sp³-hybridized carbons (Fsp3) is 0.273. The van der Waals surface area contributed by atoms with Gasteiger partial charge in [0, 0.05) is 31.6 Å². The van der Waals surface area contributed by atoms with Crippen molar-refractivity contribution in [2.45, 2.75) is 11.8 Å². The number of fused-ring (bicyclic) bond motifs is 1. The van der Waals surface area contributed by atoms with Crippen LogP contribution in [0.4, 0.5) is 0 Å². The number of rotatable bonds is 5. The van der Waals surface area contributed by atoms with Crippen LogP contribution in [0.5, 0.6) is 5.75 Å². The first kappa shape index (κ1) is 21.1. The van der Waals surface area contributed by atoms with Crippen molar-refractivity contribution >= 4 is 26.9 Å². The fourth-order valence-electron chi connectivity index (χ4n) is 3.54. The molecule has 0 unspecified atom stereocenters. The Morgan fingerprint density at radius 3 is 2.39 bits per heavy atom. The van der Waals surface area contributed by atoms with E-state index in [1.165, 1.54) is 27.4 Å². The zero-order valence-electron chi connectivity index (χ0n) is 17.0. The lowest BCUT2D eigenvalue weighted by Gasteiger charge is -2.33. The minimum Gasteiger partial charge on any atom is -0.494 e. The Kier molecular flexibility index (Phi) is 5.79. The average molecular weight is 442 g/mol. The topological polar surface area (TPSA) is 97.1 Å². The quantitative estimate of drug-likeness (QED) is 0.563. The monoisotopic (exact) mass is 442 g/mol. The molecule has 31 heavy (non-hydrogen) atoms. The number of carbonyl (C=O) groups is 1. The van der Waals surface area contributed by atoms with E-state index in [9.17, 15) is 18.0 Å². The van der Waals surface area contributed by atoms with Crippen LogP contribution in [0.1, 0.15) is 17.3 Å². The highest BCUT2D eigenvalue weighted by molar-refractivity contribution is 7.89. The van der Waals surface area contributed by atoms with Crippen molar-refractivity contribution in [2.24, 2.45) is 0 Å². The zero-order valence-corrected chi connectivity index (χ0v) is 17.8. The van der Waals surface area contributed by atoms with Gasteiger partial charge in [0.1, 0.15) is 16.9 Å². The first-order valence-corrected chi connectivity index (χ1v) is 11.4. The normalized spacial score (nSPS) is 15.2. The van der Waals surface area contributed by atoms with Crippen molar-refractivity contribution in [1.29, 1.82) is 0 Å². The van der Waals surface area contributed by atoms with Gasteiger partial charge in [-0.15, -0.1) is 0 Å². The molecule has 4 rings (SSSR count). The van der Waals surface area contributed by atoms with E-state index in [0.29, 0.717) is 23.3 Å². The standard InChI is InChI=1S/C22H22N2O6S/c1-2-29-17-7-9-18(10-8-17)31(27,28)24-13-11-23(12-14-24)21(25)19-15-16-5-3-4-6-20(16)30-22(19)26/h3-10,15H,2,11-14H2,1H3. The molecule has 1 fully saturated rings. The summed E-state index contributed by atoms with van der Waals surface area (Å²) >= 11 is 0. The molecule has 0 saturated carbocycles. The summed E-state index contributed by atoms with van der Waals surface area (Å²) < 4.78 is 37.8. The molecule has 1 amide bonds. The Hall–Kier alpha value is -3.17. The molecular weight excluding hydrogens is 420 g/mol. The van der Waals surface area contributed by atoms with Crippen LogP contribution < -0.4 is 10.4 Å². The number of ether oxygens (including phenoxy) is 1. The second-order valence-corrected chi connectivity index (χ2v) is 9.02. The molecule has 1 aromatic heterocycles. The SMILES string of the molecule is CCOc1ccc(S(=O)(=O)N2CCN(C(=O)c3cc4ccccc4oc3=O)CC2)cc1. The van der Waals surface area contributed by atoms with Crippen molar-refractivity contribution in [3.05, 3.63) is 70.6 Å². The van der Waals surface area contributed by atoms with Crippen LogP contribution in [0.15, 0.2) is 68.7 Å². The number of piperazine rings is 1. The van der Waals surface area contributed by atoms with E-state index in [2.05, 4.69) is 0 Å². The van der Waals surface area contributed by atoms with Crippen LogP contribution in [0, 0.1) is 0 Å². The molecule has 0 spiro atoms. The lowest BCUT2D eigenvalue weighted by atomic mass is 10.1. The van der Waals surface area contributed by atoms with E-state index in [1.54, 1.807) is 36.4 Å². The van der Waals surface area contributed by atoms with Crippen LogP contribution in [-0.2, 0) is 10.0 Å². The predicted molar refractivity (Wildman–Crippen MR) is 115 cm³/mol. The van der Waals surface area contributed by atoms with E-state index >= 15 is 0 Å². The van der Waals surface area contributed by atoms with E-state index in [0.717, 1.165) is 0 Å². The van der Waals surface area contributed by atoms with Gasteiger partial charge in [-0.05, 0) is 43.3 Å². The Morgan fingerprint density at radius 1 is 1.03 bits per heavy atom. The molecule has 162 valence electrons. The van der Waals surface area contributed by atoms with Crippen LogP contribution in [-0.4, -0.2) is 56.3 Å². The first-order chi connectivity index (χ1) is 14.9. The smallest absolute Gasteiger partial charge is 0.349 e. The predicted octanol–water partition coefficient (Wildman–Crippen LogP) is 2.34. The van der Waals surface area contributed by atoms with Crippen molar-refractivity contribution in [2.75, 3.05) is 32.8 Å². The van der Waals surface area contributed by atoms with Gasteiger partial charge in [0.05, 0.1) is 11.5 Å². The molecule has 0 atom stereocenters. The van der Waals surface area contributed by atoms with Gasteiger partial charge < -0.3 is 14.1 Å². The summed E-state index contributed by atoms with van der Waals surface area (Å²) in [6.07, 6.45) is 0. The molecular formula is C22H22N2O6S. The third-order valence-electron chi connectivity index (χ3n) is 5.17. The maximum absolute atomic E-state index is 12.9. The number of benzene rings is 2. The van der Waals surface area contributed by atoms with Crippen molar-refractivity contribution in [1.82, 2.24) is 9.21 Å². The van der Waals surface area contributed by atoms with Gasteiger partial charge in [-0.1, -0.05) is 18.2 Å². The molecule has 3 aromatic rings. The molecule has 0 bridgehead atoms. The van der Waals surface area contributed by atoms with Gasteiger partial charge in [-0.25, -0.2) is 13.2 Å². The molecule has 1 aliphatic rings. The first-order valence-electron chi connectivity index (χ1n) is 9.95. The second kappa shape index (κ2) is 8.52. The number of nitrogens with zero attached hydrogens (tertiary/aromatic N) is 2. The molecule has 0 radical (unpaired) electrons. The summed E-state index contributed by atoms with van der Waals surface area (Å²) in [7, 11) is -3.68. The third kappa shape index (κ3) is 4.19. The van der Waals surface area contributed by atoms with Gasteiger partial charge in [0.15, 0.2) is 0 Å². The number of para-hydroxylation sites is 1. The zero-order chi connectivity index (χ0) is 22.0. The molecule has 1 aliphatic heterocycles. The summed E-state index contributed by atoms with van der Waals surface area (Å²) in [5.41, 5.74) is -0.343. The second-order valence-electron chi connectivity index (χ2n) is 7.09. The average Bonchev–Trinajstić information content (AvgIpc) is 2.79. The molecule has 2 heterocycles. The number of sulfonamides is 1. The summed E-state index contributed by atoms with van der Waals surface area (Å²) in [6.45, 7) is 2.99. The summed E-state index contributed by atoms with van der Waals surface area (Å²) in [5, 5.41) is 0.655. The number of hydrogen-bond acceptors (Lipinski definition) is 6. The summed E-state index contributed by atoms with van der Waals surface area (Å²) in [5.74, 6) is 0.142. The summed E-state index contributed by atoms with van der Waals surface area (Å²) in [6, 6.07) is 14.7. The highest BCUT2D eigenvalue weighted by atomic mass is 32.2. The minimum absolute atomic E-state index is 0.0541. The Balaban J connectivity index is 1.47. The van der Waals surface area contributed by atoms with Gasteiger partial charge in [-0.3, -0.25) is 4.79 Å². The van der Waals surface area contributed by atoms with E-state index in [-0.39, 0.29) is 36.6 Å². The van der Waals surface area contributed by atoms with Crippen LogP contribution in [0.2, 0.25) is 0 Å². The van der Waals surface area contributed by atoms with Gasteiger partial charge in [0.25, 0.3) is 5.91 Å². The number of carbonyl (C=O) groups excluding carboxylic acids is 1. The number of hydrogen-bond donors (Lipinski definition) is 0. The van der Waals surface area contributed by atoms with Crippen LogP contribution in [0.25, 0.3) is 11.0 Å². The van der Waals surface area contributed by atoms with Crippen LogP contribution in [0.3, 0.4) is 0 Å². The molecule has 1 saturated heterocycles.